The van der Waals surface area contributed by atoms with Crippen LogP contribution in [0.15, 0.2) is 33.6 Å². The Morgan fingerprint density at radius 1 is 1.47 bits per heavy atom. The van der Waals surface area contributed by atoms with Crippen LogP contribution in [0.2, 0.25) is 0 Å². The zero-order valence-corrected chi connectivity index (χ0v) is 9.79. The van der Waals surface area contributed by atoms with Gasteiger partial charge in [0.1, 0.15) is 0 Å². The van der Waals surface area contributed by atoms with Crippen molar-refractivity contribution < 1.29 is 4.92 Å². The topological polar surface area (TPSA) is 56.0 Å². The van der Waals surface area contributed by atoms with Gasteiger partial charge in [0.15, 0.2) is 3.92 Å². The van der Waals surface area contributed by atoms with Gasteiger partial charge in [-0.1, -0.05) is 12.1 Å². The van der Waals surface area contributed by atoms with Crippen LogP contribution in [-0.4, -0.2) is 9.91 Å². The van der Waals surface area contributed by atoms with Crippen molar-refractivity contribution in [3.63, 3.8) is 0 Å². The van der Waals surface area contributed by atoms with Crippen molar-refractivity contribution >= 4 is 33.0 Å². The van der Waals surface area contributed by atoms with E-state index in [2.05, 4.69) is 20.9 Å². The number of benzene rings is 1. The van der Waals surface area contributed by atoms with Gasteiger partial charge in [0, 0.05) is 23.1 Å². The number of halogens is 1. The molecule has 1 aromatic heterocycles. The molecule has 0 saturated heterocycles. The SMILES string of the molecule is O=[N+]([O-])c1cccc(-c2csc(Br)n2)c1. The third-order valence-corrected chi connectivity index (χ3v) is 3.19. The Kier molecular flexibility index (Phi) is 2.79. The van der Waals surface area contributed by atoms with E-state index in [9.17, 15) is 10.1 Å². The maximum Gasteiger partial charge on any atom is 0.270 e. The molecular weight excluding hydrogens is 280 g/mol. The summed E-state index contributed by atoms with van der Waals surface area (Å²) in [6.07, 6.45) is 0. The minimum Gasteiger partial charge on any atom is -0.258 e. The molecule has 0 fully saturated rings. The highest BCUT2D eigenvalue weighted by Crippen LogP contribution is 2.27. The van der Waals surface area contributed by atoms with E-state index in [1.165, 1.54) is 23.5 Å². The third-order valence-electron chi connectivity index (χ3n) is 1.83. The monoisotopic (exact) mass is 284 g/mol. The van der Waals surface area contributed by atoms with Crippen molar-refractivity contribution in [1.82, 2.24) is 4.98 Å². The van der Waals surface area contributed by atoms with Crippen molar-refractivity contribution in [1.29, 1.82) is 0 Å². The van der Waals surface area contributed by atoms with E-state index in [-0.39, 0.29) is 5.69 Å². The molecular formula is C9H5BrN2O2S. The van der Waals surface area contributed by atoms with E-state index in [4.69, 9.17) is 0 Å². The number of rotatable bonds is 2. The number of hydrogen-bond acceptors (Lipinski definition) is 4. The predicted molar refractivity (Wildman–Crippen MR) is 61.9 cm³/mol. The molecule has 0 spiro atoms. The molecule has 2 aromatic rings. The number of thiazole rings is 1. The third kappa shape index (κ3) is 2.21. The number of non-ortho nitro benzene ring substituents is 1. The Bertz CT molecular complexity index is 512. The smallest absolute Gasteiger partial charge is 0.258 e. The van der Waals surface area contributed by atoms with E-state index in [0.29, 0.717) is 0 Å². The molecule has 2 rings (SSSR count). The molecule has 0 aliphatic rings. The summed E-state index contributed by atoms with van der Waals surface area (Å²) in [6.45, 7) is 0. The molecule has 1 heterocycles. The first kappa shape index (κ1) is 10.3. The minimum absolute atomic E-state index is 0.0802. The van der Waals surface area contributed by atoms with Crippen LogP contribution >= 0.6 is 27.3 Å². The lowest BCUT2D eigenvalue weighted by Gasteiger charge is -1.95. The van der Waals surface area contributed by atoms with Crippen molar-refractivity contribution in [3.8, 4) is 11.3 Å². The van der Waals surface area contributed by atoms with Gasteiger partial charge in [0.25, 0.3) is 5.69 Å². The van der Waals surface area contributed by atoms with Gasteiger partial charge in [0.2, 0.25) is 0 Å². The van der Waals surface area contributed by atoms with Crippen molar-refractivity contribution in [3.05, 3.63) is 43.7 Å². The first-order valence-electron chi connectivity index (χ1n) is 4.02. The fourth-order valence-corrected chi connectivity index (χ4v) is 2.18. The Labute approximate surface area is 97.9 Å². The lowest BCUT2D eigenvalue weighted by atomic mass is 10.1. The maximum atomic E-state index is 10.6. The zero-order valence-electron chi connectivity index (χ0n) is 7.38. The van der Waals surface area contributed by atoms with Gasteiger partial charge >= 0.3 is 0 Å². The Morgan fingerprint density at radius 3 is 2.87 bits per heavy atom. The Hall–Kier alpha value is -1.27. The fraction of sp³-hybridized carbons (Fsp3) is 0. The first-order chi connectivity index (χ1) is 7.16. The molecule has 0 atom stereocenters. The minimum atomic E-state index is -0.412. The van der Waals surface area contributed by atoms with Crippen LogP contribution in [0.25, 0.3) is 11.3 Å². The number of nitrogens with zero attached hydrogens (tertiary/aromatic N) is 2. The van der Waals surface area contributed by atoms with Crippen molar-refractivity contribution in [2.24, 2.45) is 0 Å². The van der Waals surface area contributed by atoms with E-state index in [1.54, 1.807) is 12.1 Å². The van der Waals surface area contributed by atoms with Crippen LogP contribution in [0.1, 0.15) is 0 Å². The standard InChI is InChI=1S/C9H5BrN2O2S/c10-9-11-8(5-15-9)6-2-1-3-7(4-6)12(13)14/h1-5H. The van der Waals surface area contributed by atoms with Gasteiger partial charge in [-0.25, -0.2) is 4.98 Å². The van der Waals surface area contributed by atoms with E-state index in [1.807, 2.05) is 5.38 Å². The largest absolute Gasteiger partial charge is 0.270 e. The molecule has 0 saturated carbocycles. The second-order valence-electron chi connectivity index (χ2n) is 2.79. The summed E-state index contributed by atoms with van der Waals surface area (Å²) < 4.78 is 0.768. The highest BCUT2D eigenvalue weighted by molar-refractivity contribution is 9.11. The summed E-state index contributed by atoms with van der Waals surface area (Å²) in [7, 11) is 0. The summed E-state index contributed by atoms with van der Waals surface area (Å²) in [5.41, 5.74) is 1.58. The average Bonchev–Trinajstić information content (AvgIpc) is 2.65. The Balaban J connectivity index is 2.45. The van der Waals surface area contributed by atoms with Gasteiger partial charge in [-0.05, 0) is 15.9 Å². The number of nitro groups is 1. The van der Waals surface area contributed by atoms with Crippen LogP contribution < -0.4 is 0 Å². The lowest BCUT2D eigenvalue weighted by Crippen LogP contribution is -1.87. The average molecular weight is 285 g/mol. The van der Waals surface area contributed by atoms with E-state index >= 15 is 0 Å². The second kappa shape index (κ2) is 4.08. The summed E-state index contributed by atoms with van der Waals surface area (Å²) >= 11 is 4.70. The van der Waals surface area contributed by atoms with Crippen molar-refractivity contribution in [2.75, 3.05) is 0 Å². The normalized spacial score (nSPS) is 10.2. The first-order valence-corrected chi connectivity index (χ1v) is 5.70. The summed E-state index contributed by atoms with van der Waals surface area (Å²) in [5.74, 6) is 0. The molecule has 0 amide bonds. The second-order valence-corrected chi connectivity index (χ2v) is 4.93. The van der Waals surface area contributed by atoms with Gasteiger partial charge in [-0.15, -0.1) is 11.3 Å². The van der Waals surface area contributed by atoms with Crippen LogP contribution in [0.3, 0.4) is 0 Å². The molecule has 4 nitrogen and oxygen atoms in total. The van der Waals surface area contributed by atoms with Crippen molar-refractivity contribution in [2.45, 2.75) is 0 Å². The highest BCUT2D eigenvalue weighted by atomic mass is 79.9. The zero-order chi connectivity index (χ0) is 10.8. The molecule has 6 heteroatoms. The lowest BCUT2D eigenvalue weighted by molar-refractivity contribution is -0.384. The fourth-order valence-electron chi connectivity index (χ4n) is 1.16. The van der Waals surface area contributed by atoms with Gasteiger partial charge in [0.05, 0.1) is 10.6 Å². The van der Waals surface area contributed by atoms with Crippen LogP contribution in [0.5, 0.6) is 0 Å². The molecule has 0 N–H and O–H groups in total. The molecule has 0 aliphatic heterocycles. The van der Waals surface area contributed by atoms with Crippen LogP contribution in [0, 0.1) is 10.1 Å². The van der Waals surface area contributed by atoms with E-state index in [0.717, 1.165) is 15.2 Å². The molecule has 0 bridgehead atoms. The molecule has 0 unspecified atom stereocenters. The maximum absolute atomic E-state index is 10.6. The van der Waals surface area contributed by atoms with Gasteiger partial charge in [-0.2, -0.15) is 0 Å². The van der Waals surface area contributed by atoms with Crippen LogP contribution in [0.4, 0.5) is 5.69 Å². The number of aromatic nitrogens is 1. The van der Waals surface area contributed by atoms with E-state index < -0.39 is 4.92 Å². The number of nitro benzene ring substituents is 1. The summed E-state index contributed by atoms with van der Waals surface area (Å²) in [5, 5.41) is 12.4. The molecule has 76 valence electrons. The Morgan fingerprint density at radius 2 is 2.27 bits per heavy atom. The molecule has 15 heavy (non-hydrogen) atoms. The molecule has 0 aliphatic carbocycles. The van der Waals surface area contributed by atoms with Gasteiger partial charge < -0.3 is 0 Å². The predicted octanol–water partition coefficient (Wildman–Crippen LogP) is 3.48. The summed E-state index contributed by atoms with van der Waals surface area (Å²) in [4.78, 5) is 14.4. The molecule has 1 aromatic carbocycles. The molecule has 0 radical (unpaired) electrons. The highest BCUT2D eigenvalue weighted by Gasteiger charge is 2.08. The summed E-state index contributed by atoms with van der Waals surface area (Å²) in [6, 6.07) is 6.43. The van der Waals surface area contributed by atoms with Gasteiger partial charge in [-0.3, -0.25) is 10.1 Å². The van der Waals surface area contributed by atoms with Crippen LogP contribution in [-0.2, 0) is 0 Å². The number of hydrogen-bond donors (Lipinski definition) is 0. The quantitative estimate of drug-likeness (QED) is 0.627.